The first-order chi connectivity index (χ1) is 17.1. The van der Waals surface area contributed by atoms with Crippen LogP contribution in [0, 0.1) is 17.6 Å². The van der Waals surface area contributed by atoms with Gasteiger partial charge < -0.3 is 4.98 Å². The first kappa shape index (κ1) is 21.9. The quantitative estimate of drug-likeness (QED) is 0.290. The van der Waals surface area contributed by atoms with Crippen molar-refractivity contribution in [3.8, 4) is 11.1 Å². The van der Waals surface area contributed by atoms with Gasteiger partial charge in [0.25, 0.3) is 0 Å². The molecule has 3 aromatic carbocycles. The van der Waals surface area contributed by atoms with Crippen LogP contribution < -0.4 is 0 Å². The first-order valence-corrected chi connectivity index (χ1v) is 12.4. The largest absolute Gasteiger partial charge is 0.342 e. The number of benzene rings is 3. The summed E-state index contributed by atoms with van der Waals surface area (Å²) in [6.07, 6.45) is 6.09. The second kappa shape index (κ2) is 8.88. The highest BCUT2D eigenvalue weighted by molar-refractivity contribution is 5.83. The molecule has 3 nitrogen and oxygen atoms in total. The summed E-state index contributed by atoms with van der Waals surface area (Å²) in [6, 6.07) is 19.9. The average molecular weight is 468 g/mol. The summed E-state index contributed by atoms with van der Waals surface area (Å²) >= 11 is 0. The Balaban J connectivity index is 1.21. The molecule has 5 heteroatoms. The number of pyridine rings is 1. The first-order valence-electron chi connectivity index (χ1n) is 12.4. The van der Waals surface area contributed by atoms with E-state index in [-0.39, 0.29) is 17.6 Å². The summed E-state index contributed by atoms with van der Waals surface area (Å²) in [4.78, 5) is 12.7. The minimum absolute atomic E-state index is 0.217. The summed E-state index contributed by atoms with van der Waals surface area (Å²) in [5.41, 5.74) is 5.02. The van der Waals surface area contributed by atoms with Gasteiger partial charge >= 0.3 is 0 Å². The molecule has 1 aliphatic rings. The highest BCUT2D eigenvalue weighted by atomic mass is 19.1. The maximum atomic E-state index is 14.8. The van der Waals surface area contributed by atoms with Gasteiger partial charge in [-0.05, 0) is 79.0 Å². The number of rotatable bonds is 4. The van der Waals surface area contributed by atoms with E-state index in [4.69, 9.17) is 4.98 Å². The lowest BCUT2D eigenvalue weighted by Gasteiger charge is -2.32. The Morgan fingerprint density at radius 3 is 2.49 bits per heavy atom. The minimum Gasteiger partial charge on any atom is -0.342 e. The Hall–Kier alpha value is -3.60. The number of nitrogens with zero attached hydrogens (tertiary/aromatic N) is 2. The molecule has 2 aromatic heterocycles. The number of nitrogens with one attached hydrogen (secondary N) is 1. The van der Waals surface area contributed by atoms with Gasteiger partial charge in [0, 0.05) is 29.1 Å². The molecule has 1 atom stereocenters. The molecule has 0 bridgehead atoms. The standard InChI is InChI=1S/C30H27F2N3/c1-18(30-34-28-16-24(20-5-3-2-4-6-20)26(32)17-29(28)35-30)19-7-9-21(10-8-19)23-13-14-33-27-12-11-22(31)15-25(23)27/h2-6,11-19,21H,7-10H2,1H3,(H,34,35). The molecule has 35 heavy (non-hydrogen) atoms. The van der Waals surface area contributed by atoms with Crippen LogP contribution in [-0.4, -0.2) is 15.0 Å². The number of fused-ring (bicyclic) bond motifs is 2. The van der Waals surface area contributed by atoms with E-state index in [1.54, 1.807) is 18.2 Å². The number of H-pyrrole nitrogens is 1. The van der Waals surface area contributed by atoms with Crippen LogP contribution in [0.1, 0.15) is 55.8 Å². The topological polar surface area (TPSA) is 41.6 Å². The summed E-state index contributed by atoms with van der Waals surface area (Å²) in [7, 11) is 0. The molecule has 0 aliphatic heterocycles. The van der Waals surface area contributed by atoms with Gasteiger partial charge in [0.1, 0.15) is 17.5 Å². The van der Waals surface area contributed by atoms with Gasteiger partial charge in [0.2, 0.25) is 0 Å². The molecule has 2 heterocycles. The zero-order chi connectivity index (χ0) is 23.9. The van der Waals surface area contributed by atoms with Gasteiger partial charge in [-0.2, -0.15) is 0 Å². The summed E-state index contributed by atoms with van der Waals surface area (Å²) < 4.78 is 28.7. The highest BCUT2D eigenvalue weighted by Gasteiger charge is 2.29. The molecule has 176 valence electrons. The highest BCUT2D eigenvalue weighted by Crippen LogP contribution is 2.43. The second-order valence-electron chi connectivity index (χ2n) is 9.80. The predicted molar refractivity (Wildman–Crippen MR) is 136 cm³/mol. The fraction of sp³-hybridized carbons (Fsp3) is 0.267. The number of hydrogen-bond donors (Lipinski definition) is 1. The number of halogens is 2. The van der Waals surface area contributed by atoms with E-state index in [1.807, 2.05) is 48.7 Å². The van der Waals surface area contributed by atoms with E-state index in [0.29, 0.717) is 17.4 Å². The average Bonchev–Trinajstić information content (AvgIpc) is 3.31. The van der Waals surface area contributed by atoms with Crippen molar-refractivity contribution in [2.75, 3.05) is 0 Å². The lowest BCUT2D eigenvalue weighted by Crippen LogP contribution is -2.19. The number of hydrogen-bond acceptors (Lipinski definition) is 2. The third kappa shape index (κ3) is 4.09. The Bertz CT molecular complexity index is 1500. The van der Waals surface area contributed by atoms with Gasteiger partial charge in [-0.25, -0.2) is 13.8 Å². The van der Waals surface area contributed by atoms with Gasteiger partial charge in [0.15, 0.2) is 0 Å². The van der Waals surface area contributed by atoms with Crippen LogP contribution in [0.25, 0.3) is 33.1 Å². The smallest absolute Gasteiger partial charge is 0.133 e. The maximum Gasteiger partial charge on any atom is 0.133 e. The molecule has 5 aromatic rings. The zero-order valence-corrected chi connectivity index (χ0v) is 19.6. The minimum atomic E-state index is -0.243. The van der Waals surface area contributed by atoms with E-state index in [1.165, 1.54) is 11.6 Å². The van der Waals surface area contributed by atoms with Crippen molar-refractivity contribution in [3.63, 3.8) is 0 Å². The molecule has 6 rings (SSSR count). The fourth-order valence-corrected chi connectivity index (χ4v) is 5.75. The van der Waals surface area contributed by atoms with Crippen LogP contribution >= 0.6 is 0 Å². The van der Waals surface area contributed by atoms with Gasteiger partial charge in [-0.1, -0.05) is 37.3 Å². The third-order valence-corrected chi connectivity index (χ3v) is 7.76. The fourth-order valence-electron chi connectivity index (χ4n) is 5.75. The molecule has 0 spiro atoms. The van der Waals surface area contributed by atoms with Crippen LogP contribution in [-0.2, 0) is 0 Å². The molecule has 1 fully saturated rings. The van der Waals surface area contributed by atoms with Crippen molar-refractivity contribution in [1.29, 1.82) is 0 Å². The van der Waals surface area contributed by atoms with Crippen molar-refractivity contribution in [2.24, 2.45) is 5.92 Å². The summed E-state index contributed by atoms with van der Waals surface area (Å²) in [5, 5.41) is 0.928. The van der Waals surface area contributed by atoms with Crippen molar-refractivity contribution in [3.05, 3.63) is 95.9 Å². The molecule has 0 saturated heterocycles. The molecule has 1 unspecified atom stereocenters. The van der Waals surface area contributed by atoms with Crippen LogP contribution in [0.15, 0.2) is 72.9 Å². The van der Waals surface area contributed by atoms with Crippen LogP contribution in [0.4, 0.5) is 8.78 Å². The summed E-state index contributed by atoms with van der Waals surface area (Å²) in [5.74, 6) is 1.61. The van der Waals surface area contributed by atoms with Crippen LogP contribution in [0.3, 0.4) is 0 Å². The van der Waals surface area contributed by atoms with Crippen molar-refractivity contribution >= 4 is 21.9 Å². The Kier molecular flexibility index (Phi) is 5.56. The lowest BCUT2D eigenvalue weighted by molar-refractivity contribution is 0.286. The maximum absolute atomic E-state index is 14.8. The number of aromatic amines is 1. The zero-order valence-electron chi connectivity index (χ0n) is 19.6. The van der Waals surface area contributed by atoms with E-state index in [2.05, 4.69) is 16.9 Å². The van der Waals surface area contributed by atoms with E-state index >= 15 is 0 Å². The molecule has 1 aliphatic carbocycles. The molecule has 0 amide bonds. The monoisotopic (exact) mass is 467 g/mol. The molecule has 1 saturated carbocycles. The lowest BCUT2D eigenvalue weighted by atomic mass is 9.73. The number of imidazole rings is 1. The van der Waals surface area contributed by atoms with E-state index in [0.717, 1.165) is 59.0 Å². The van der Waals surface area contributed by atoms with E-state index in [9.17, 15) is 8.78 Å². The molecule has 1 N–H and O–H groups in total. The van der Waals surface area contributed by atoms with Crippen LogP contribution in [0.2, 0.25) is 0 Å². The Labute approximate surface area is 203 Å². The Morgan fingerprint density at radius 1 is 0.886 bits per heavy atom. The third-order valence-electron chi connectivity index (χ3n) is 7.76. The SMILES string of the molecule is CC(c1nc2cc(-c3ccccc3)c(F)cc2[nH]1)C1CCC(c2ccnc3ccc(F)cc23)CC1. The van der Waals surface area contributed by atoms with E-state index < -0.39 is 0 Å². The predicted octanol–water partition coefficient (Wildman–Crippen LogP) is 8.13. The van der Waals surface area contributed by atoms with Gasteiger partial charge in [0.05, 0.1) is 16.6 Å². The van der Waals surface area contributed by atoms with Crippen molar-refractivity contribution < 1.29 is 8.78 Å². The van der Waals surface area contributed by atoms with Gasteiger partial charge in [-0.15, -0.1) is 0 Å². The van der Waals surface area contributed by atoms with Crippen molar-refractivity contribution in [1.82, 2.24) is 15.0 Å². The van der Waals surface area contributed by atoms with Crippen LogP contribution in [0.5, 0.6) is 0 Å². The Morgan fingerprint density at radius 2 is 1.69 bits per heavy atom. The number of aromatic nitrogens is 3. The van der Waals surface area contributed by atoms with Crippen molar-refractivity contribution in [2.45, 2.75) is 44.4 Å². The molecular weight excluding hydrogens is 440 g/mol. The second-order valence-corrected chi connectivity index (χ2v) is 9.80. The molecule has 0 radical (unpaired) electrons. The normalized spacial score (nSPS) is 19.3. The summed E-state index contributed by atoms with van der Waals surface area (Å²) in [6.45, 7) is 2.22. The molecular formula is C30H27F2N3. The van der Waals surface area contributed by atoms with Gasteiger partial charge in [-0.3, -0.25) is 4.98 Å².